The number of nitrogens with zero attached hydrogens (tertiary/aromatic N) is 3. The number of hydrogen-bond acceptors (Lipinski definition) is 6. The van der Waals surface area contributed by atoms with E-state index in [2.05, 4.69) is 29.1 Å². The van der Waals surface area contributed by atoms with Crippen LogP contribution in [-0.2, 0) is 13.6 Å². The molecule has 2 heterocycles. The normalized spacial score (nSPS) is 13.2. The Balaban J connectivity index is 1.85. The van der Waals surface area contributed by atoms with Crippen molar-refractivity contribution in [1.82, 2.24) is 19.1 Å². The second-order valence-electron chi connectivity index (χ2n) is 8.62. The number of aliphatic hydroxyl groups excluding tert-OH is 1. The standard InChI is InChI=1S/C24H35N5O4/c1-5-7-10-17(6-2)13-25-23-26-21-20(22(31)27-24(32)28(21)4)29(23)14-18(30)15-33-19-11-8-9-16(3)12-19/h8-9,11-12,17-18,30H,5-7,10,13-15H2,1-4H3,(H,25,26)(H,27,31,32)/t17-,18-/m0/s1. The summed E-state index contributed by atoms with van der Waals surface area (Å²) in [5, 5.41) is 14.1. The quantitative estimate of drug-likeness (QED) is 0.385. The van der Waals surface area contributed by atoms with Gasteiger partial charge in [-0.3, -0.25) is 14.3 Å². The summed E-state index contributed by atoms with van der Waals surface area (Å²) in [6.07, 6.45) is 3.53. The Bertz CT molecular complexity index is 1180. The van der Waals surface area contributed by atoms with Gasteiger partial charge in [0.15, 0.2) is 11.2 Å². The number of aromatic nitrogens is 4. The minimum Gasteiger partial charge on any atom is -0.491 e. The van der Waals surface area contributed by atoms with Crippen molar-refractivity contribution in [3.63, 3.8) is 0 Å². The average molecular weight is 458 g/mol. The minimum atomic E-state index is -0.887. The number of hydrogen-bond donors (Lipinski definition) is 3. The van der Waals surface area contributed by atoms with Crippen LogP contribution < -0.4 is 21.3 Å². The van der Waals surface area contributed by atoms with E-state index in [-0.39, 0.29) is 24.3 Å². The third-order valence-corrected chi connectivity index (χ3v) is 5.92. The van der Waals surface area contributed by atoms with Gasteiger partial charge in [0.05, 0.1) is 6.54 Å². The van der Waals surface area contributed by atoms with Crippen molar-refractivity contribution in [2.24, 2.45) is 13.0 Å². The lowest BCUT2D eigenvalue weighted by Gasteiger charge is -2.18. The maximum absolute atomic E-state index is 12.6. The maximum Gasteiger partial charge on any atom is 0.329 e. The van der Waals surface area contributed by atoms with Crippen molar-refractivity contribution in [3.05, 3.63) is 50.7 Å². The molecule has 0 aliphatic rings. The molecule has 0 unspecified atom stereocenters. The second kappa shape index (κ2) is 11.2. The number of aryl methyl sites for hydroxylation is 2. The summed E-state index contributed by atoms with van der Waals surface area (Å²) >= 11 is 0. The van der Waals surface area contributed by atoms with E-state index in [0.29, 0.717) is 24.2 Å². The Morgan fingerprint density at radius 1 is 1.27 bits per heavy atom. The molecule has 9 nitrogen and oxygen atoms in total. The summed E-state index contributed by atoms with van der Waals surface area (Å²) in [5.41, 5.74) is 0.533. The van der Waals surface area contributed by atoms with E-state index >= 15 is 0 Å². The Labute approximate surface area is 193 Å². The monoisotopic (exact) mass is 457 g/mol. The van der Waals surface area contributed by atoms with Crippen LogP contribution in [0.15, 0.2) is 33.9 Å². The van der Waals surface area contributed by atoms with Crippen molar-refractivity contribution < 1.29 is 9.84 Å². The van der Waals surface area contributed by atoms with Crippen LogP contribution in [0.1, 0.15) is 45.1 Å². The molecule has 0 radical (unpaired) electrons. The molecule has 0 bridgehead atoms. The third-order valence-electron chi connectivity index (χ3n) is 5.92. The highest BCUT2D eigenvalue weighted by molar-refractivity contribution is 5.74. The van der Waals surface area contributed by atoms with E-state index in [9.17, 15) is 14.7 Å². The average Bonchev–Trinajstić information content (AvgIpc) is 3.15. The molecule has 0 aliphatic carbocycles. The lowest BCUT2D eigenvalue weighted by atomic mass is 9.99. The molecule has 0 aliphatic heterocycles. The first-order valence-corrected chi connectivity index (χ1v) is 11.6. The van der Waals surface area contributed by atoms with Crippen LogP contribution in [0.3, 0.4) is 0 Å². The zero-order chi connectivity index (χ0) is 24.0. The summed E-state index contributed by atoms with van der Waals surface area (Å²) in [6.45, 7) is 7.15. The van der Waals surface area contributed by atoms with Gasteiger partial charge in [-0.05, 0) is 37.0 Å². The molecule has 3 N–H and O–H groups in total. The smallest absolute Gasteiger partial charge is 0.329 e. The molecule has 0 saturated heterocycles. The molecule has 0 fully saturated rings. The topological polar surface area (TPSA) is 114 Å². The number of anilines is 1. The van der Waals surface area contributed by atoms with Crippen LogP contribution in [0.5, 0.6) is 5.75 Å². The Kier molecular flexibility index (Phi) is 8.32. The first-order chi connectivity index (χ1) is 15.8. The van der Waals surface area contributed by atoms with Crippen LogP contribution in [0.4, 0.5) is 5.95 Å². The number of ether oxygens (including phenoxy) is 1. The molecule has 0 amide bonds. The molecule has 1 aromatic carbocycles. The summed E-state index contributed by atoms with van der Waals surface area (Å²) < 4.78 is 8.69. The second-order valence-corrected chi connectivity index (χ2v) is 8.62. The van der Waals surface area contributed by atoms with E-state index in [4.69, 9.17) is 4.74 Å². The molecule has 0 spiro atoms. The molecule has 2 aromatic heterocycles. The van der Waals surface area contributed by atoms with Gasteiger partial charge in [-0.1, -0.05) is 45.2 Å². The first-order valence-electron chi connectivity index (χ1n) is 11.6. The van der Waals surface area contributed by atoms with Gasteiger partial charge in [0.1, 0.15) is 18.5 Å². The van der Waals surface area contributed by atoms with E-state index < -0.39 is 17.4 Å². The largest absolute Gasteiger partial charge is 0.491 e. The summed E-state index contributed by atoms with van der Waals surface area (Å²) in [5.74, 6) is 1.60. The van der Waals surface area contributed by atoms with Crippen molar-refractivity contribution in [3.8, 4) is 5.75 Å². The molecular weight excluding hydrogens is 422 g/mol. The number of imidazole rings is 1. The highest BCUT2D eigenvalue weighted by Crippen LogP contribution is 2.19. The molecule has 3 rings (SSSR count). The van der Waals surface area contributed by atoms with Crippen LogP contribution in [0.2, 0.25) is 0 Å². The van der Waals surface area contributed by atoms with Crippen molar-refractivity contribution in [2.45, 2.75) is 59.1 Å². The van der Waals surface area contributed by atoms with Gasteiger partial charge in [0, 0.05) is 13.6 Å². The van der Waals surface area contributed by atoms with Crippen LogP contribution in [0, 0.1) is 12.8 Å². The molecule has 3 aromatic rings. The van der Waals surface area contributed by atoms with Crippen LogP contribution >= 0.6 is 0 Å². The summed E-state index contributed by atoms with van der Waals surface area (Å²) in [7, 11) is 1.56. The van der Waals surface area contributed by atoms with E-state index in [1.54, 1.807) is 11.6 Å². The highest BCUT2D eigenvalue weighted by Gasteiger charge is 2.20. The minimum absolute atomic E-state index is 0.0559. The predicted molar refractivity (Wildman–Crippen MR) is 130 cm³/mol. The number of fused-ring (bicyclic) bond motifs is 1. The Morgan fingerprint density at radius 2 is 2.06 bits per heavy atom. The molecule has 0 saturated carbocycles. The van der Waals surface area contributed by atoms with Gasteiger partial charge < -0.3 is 19.7 Å². The summed E-state index contributed by atoms with van der Waals surface area (Å²) in [6, 6.07) is 7.60. The number of rotatable bonds is 12. The van der Waals surface area contributed by atoms with Gasteiger partial charge in [0.25, 0.3) is 5.56 Å². The van der Waals surface area contributed by atoms with Crippen LogP contribution in [0.25, 0.3) is 11.2 Å². The summed E-state index contributed by atoms with van der Waals surface area (Å²) in [4.78, 5) is 31.6. The van der Waals surface area contributed by atoms with Gasteiger partial charge in [-0.25, -0.2) is 4.79 Å². The SMILES string of the molecule is CCCC[C@H](CC)CNc1nc2c(c(=O)[nH]c(=O)n2C)n1C[C@H](O)COc1cccc(C)c1. The molecule has 180 valence electrons. The van der Waals surface area contributed by atoms with Gasteiger partial charge in [0.2, 0.25) is 5.95 Å². The van der Waals surface area contributed by atoms with Gasteiger partial charge in [-0.2, -0.15) is 4.98 Å². The zero-order valence-corrected chi connectivity index (χ0v) is 19.9. The lowest BCUT2D eigenvalue weighted by Crippen LogP contribution is -2.31. The van der Waals surface area contributed by atoms with E-state index in [1.807, 2.05) is 31.2 Å². The number of unbranched alkanes of at least 4 members (excludes halogenated alkanes) is 1. The zero-order valence-electron chi connectivity index (χ0n) is 19.9. The Morgan fingerprint density at radius 3 is 2.76 bits per heavy atom. The predicted octanol–water partition coefficient (Wildman–Crippen LogP) is 2.80. The highest BCUT2D eigenvalue weighted by atomic mass is 16.5. The number of nitrogens with one attached hydrogen (secondary N) is 2. The third kappa shape index (κ3) is 6.04. The molecule has 2 atom stereocenters. The van der Waals surface area contributed by atoms with Crippen molar-refractivity contribution in [1.29, 1.82) is 0 Å². The fourth-order valence-electron chi connectivity index (χ4n) is 3.89. The van der Waals surface area contributed by atoms with Gasteiger partial charge in [-0.15, -0.1) is 0 Å². The van der Waals surface area contributed by atoms with E-state index in [0.717, 1.165) is 31.2 Å². The van der Waals surface area contributed by atoms with Crippen molar-refractivity contribution in [2.75, 3.05) is 18.5 Å². The van der Waals surface area contributed by atoms with Crippen molar-refractivity contribution >= 4 is 17.1 Å². The fourth-order valence-corrected chi connectivity index (χ4v) is 3.89. The number of aliphatic hydroxyl groups is 1. The molecule has 9 heteroatoms. The molecule has 33 heavy (non-hydrogen) atoms. The fraction of sp³-hybridized carbons (Fsp3) is 0.542. The van der Waals surface area contributed by atoms with Crippen LogP contribution in [-0.4, -0.2) is 43.5 Å². The maximum atomic E-state index is 12.6. The number of aromatic amines is 1. The lowest BCUT2D eigenvalue weighted by molar-refractivity contribution is 0.0938. The van der Waals surface area contributed by atoms with E-state index in [1.165, 1.54) is 4.57 Å². The molecular formula is C24H35N5O4. The Hall–Kier alpha value is -3.07. The number of H-pyrrole nitrogens is 1. The number of benzene rings is 1. The van der Waals surface area contributed by atoms with Gasteiger partial charge >= 0.3 is 5.69 Å². The first kappa shape index (κ1) is 24.6.